The normalized spacial score (nSPS) is 9.62. The number of unbranched alkanes of at least 4 members (excludes halogenated alkanes) is 6. The molecule has 6 aromatic carbocycles. The summed E-state index contributed by atoms with van der Waals surface area (Å²) < 4.78 is 0. The zero-order chi connectivity index (χ0) is 50.0. The quantitative estimate of drug-likeness (QED) is 0.0670. The van der Waals surface area contributed by atoms with Crippen LogP contribution in [0.15, 0.2) is 185 Å². The van der Waals surface area contributed by atoms with Crippen LogP contribution in [0.25, 0.3) is 36.5 Å². The van der Waals surface area contributed by atoms with Gasteiger partial charge in [-0.25, -0.2) is 0 Å². The first kappa shape index (κ1) is 59.8. The second-order valence-corrected chi connectivity index (χ2v) is 17.1. The van der Waals surface area contributed by atoms with E-state index >= 15 is 0 Å². The number of benzene rings is 6. The van der Waals surface area contributed by atoms with E-state index in [4.69, 9.17) is 0 Å². The third kappa shape index (κ3) is 29.4. The van der Waals surface area contributed by atoms with Gasteiger partial charge in [-0.05, 0) is 108 Å². The van der Waals surface area contributed by atoms with E-state index in [0.29, 0.717) is 0 Å². The first-order valence-corrected chi connectivity index (χ1v) is 25.4. The Labute approximate surface area is 417 Å². The third-order valence-electron chi connectivity index (χ3n) is 11.1. The summed E-state index contributed by atoms with van der Waals surface area (Å²) in [6.07, 6.45) is 29.2. The molecule has 0 heteroatoms. The summed E-state index contributed by atoms with van der Waals surface area (Å²) in [5.74, 6) is 0. The molecule has 0 radical (unpaired) electrons. The van der Waals surface area contributed by atoms with Crippen LogP contribution < -0.4 is 0 Å². The maximum absolute atomic E-state index is 3.79. The first-order valence-electron chi connectivity index (χ1n) is 25.4. The Morgan fingerprint density at radius 2 is 0.618 bits per heavy atom. The fourth-order valence-corrected chi connectivity index (χ4v) is 6.98. The van der Waals surface area contributed by atoms with Crippen molar-refractivity contribution < 1.29 is 0 Å². The summed E-state index contributed by atoms with van der Waals surface area (Å²) in [6.45, 7) is 35.3. The molecular formula is C68H88. The van der Waals surface area contributed by atoms with Gasteiger partial charge in [0.1, 0.15) is 0 Å². The smallest absolute Gasteiger partial charge is 0.0260 e. The Kier molecular flexibility index (Phi) is 35.1. The fraction of sp³-hybridized carbons (Fsp3) is 0.294. The molecule has 0 unspecified atom stereocenters. The molecule has 0 amide bonds. The zero-order valence-corrected chi connectivity index (χ0v) is 43.5. The molecular weight excluding hydrogens is 817 g/mol. The summed E-state index contributed by atoms with van der Waals surface area (Å²) in [4.78, 5) is 0. The number of aryl methyl sites for hydroxylation is 6. The standard InChI is InChI=1S/C15H22.C13H18.2C11H14.2C9H10/c1-3-5-6-7-8-10-15-12-9-11-14(4-2)13-15;1-3-5-6-7-13-10-8-12(4-2)9-11-13;1-3-6-11-8-5-7-10(4-2)9-11;1-3-5-11-8-6-10(4-2)7-9-11;1-3-9-6-4-8(2)5-7-9;1-3-9-6-4-5-8(2)7-9/h4,9,11-13H,2-3,5-8,10H2,1H3;4,8-11H,2-3,5-7H2,1H3;4-5,7-9H,2-3,6H2,1H3;4,6-9H,2-3,5H2,1H3;2*3-7H,1H2,2H3. The van der Waals surface area contributed by atoms with E-state index in [1.165, 1.54) is 157 Å². The van der Waals surface area contributed by atoms with Gasteiger partial charge in [-0.15, -0.1) is 0 Å². The maximum atomic E-state index is 3.79. The topological polar surface area (TPSA) is 0 Å². The molecule has 0 atom stereocenters. The highest BCUT2D eigenvalue weighted by molar-refractivity contribution is 5.50. The van der Waals surface area contributed by atoms with E-state index in [-0.39, 0.29) is 0 Å². The van der Waals surface area contributed by atoms with Gasteiger partial charge in [-0.3, -0.25) is 0 Å². The summed E-state index contributed by atoms with van der Waals surface area (Å²) in [5.41, 5.74) is 15.5. The zero-order valence-electron chi connectivity index (χ0n) is 43.5. The molecule has 0 fully saturated rings. The third-order valence-corrected chi connectivity index (χ3v) is 11.1. The molecule has 0 nitrogen and oxygen atoms in total. The lowest BCUT2D eigenvalue weighted by molar-refractivity contribution is 0.632. The monoisotopic (exact) mass is 905 g/mol. The van der Waals surface area contributed by atoms with Crippen LogP contribution in [0.5, 0.6) is 0 Å². The molecule has 360 valence electrons. The molecule has 68 heavy (non-hydrogen) atoms. The Hall–Kier alpha value is -6.24. The average Bonchev–Trinajstić information content (AvgIpc) is 3.38. The lowest BCUT2D eigenvalue weighted by Crippen LogP contribution is -1.86. The van der Waals surface area contributed by atoms with Gasteiger partial charge >= 0.3 is 0 Å². The van der Waals surface area contributed by atoms with Gasteiger partial charge in [0, 0.05) is 0 Å². The molecule has 6 aromatic rings. The Balaban J connectivity index is 0.000000412. The van der Waals surface area contributed by atoms with Crippen molar-refractivity contribution in [1.82, 2.24) is 0 Å². The Morgan fingerprint density at radius 3 is 1.03 bits per heavy atom. The molecule has 0 heterocycles. The van der Waals surface area contributed by atoms with Gasteiger partial charge in [0.2, 0.25) is 0 Å². The van der Waals surface area contributed by atoms with Gasteiger partial charge in [0.05, 0.1) is 0 Å². The summed E-state index contributed by atoms with van der Waals surface area (Å²) in [6, 6.07) is 51.0. The van der Waals surface area contributed by atoms with Gasteiger partial charge < -0.3 is 0 Å². The minimum Gasteiger partial charge on any atom is -0.0985 e. The van der Waals surface area contributed by atoms with E-state index in [1.54, 1.807) is 0 Å². The lowest BCUT2D eigenvalue weighted by Gasteiger charge is -2.02. The number of rotatable bonds is 20. The molecule has 0 aliphatic rings. The van der Waals surface area contributed by atoms with E-state index in [0.717, 1.165) is 0 Å². The van der Waals surface area contributed by atoms with E-state index in [2.05, 4.69) is 214 Å². The van der Waals surface area contributed by atoms with Crippen molar-refractivity contribution in [3.63, 3.8) is 0 Å². The van der Waals surface area contributed by atoms with Crippen molar-refractivity contribution in [1.29, 1.82) is 0 Å². The van der Waals surface area contributed by atoms with Crippen molar-refractivity contribution in [3.8, 4) is 0 Å². The van der Waals surface area contributed by atoms with Crippen molar-refractivity contribution in [3.05, 3.63) is 252 Å². The number of hydrogen-bond acceptors (Lipinski definition) is 0. The predicted octanol–water partition coefficient (Wildman–Crippen LogP) is 20.7. The minimum atomic E-state index is 1.17. The highest BCUT2D eigenvalue weighted by Gasteiger charge is 1.96. The second kappa shape index (κ2) is 39.9. The molecule has 0 bridgehead atoms. The van der Waals surface area contributed by atoms with Gasteiger partial charge in [-0.1, -0.05) is 312 Å². The van der Waals surface area contributed by atoms with Crippen LogP contribution in [-0.4, -0.2) is 0 Å². The van der Waals surface area contributed by atoms with E-state index in [9.17, 15) is 0 Å². The van der Waals surface area contributed by atoms with Crippen molar-refractivity contribution in [2.45, 2.75) is 131 Å². The van der Waals surface area contributed by atoms with Gasteiger partial charge in [-0.2, -0.15) is 0 Å². The molecule has 0 spiro atoms. The minimum absolute atomic E-state index is 1.17. The lowest BCUT2D eigenvalue weighted by atomic mass is 10.0. The van der Waals surface area contributed by atoms with Crippen molar-refractivity contribution in [2.24, 2.45) is 0 Å². The Bertz CT molecular complexity index is 2230. The van der Waals surface area contributed by atoms with Gasteiger partial charge in [0.25, 0.3) is 0 Å². The van der Waals surface area contributed by atoms with Crippen LogP contribution in [0.2, 0.25) is 0 Å². The molecule has 0 N–H and O–H groups in total. The van der Waals surface area contributed by atoms with Crippen molar-refractivity contribution in [2.75, 3.05) is 0 Å². The summed E-state index contributed by atoms with van der Waals surface area (Å²) in [7, 11) is 0. The van der Waals surface area contributed by atoms with Crippen molar-refractivity contribution >= 4 is 36.5 Å². The average molecular weight is 905 g/mol. The van der Waals surface area contributed by atoms with Gasteiger partial charge in [0.15, 0.2) is 0 Å². The van der Waals surface area contributed by atoms with Crippen LogP contribution in [0, 0.1) is 13.8 Å². The van der Waals surface area contributed by atoms with Crippen LogP contribution in [0.4, 0.5) is 0 Å². The van der Waals surface area contributed by atoms with Crippen LogP contribution >= 0.6 is 0 Å². The van der Waals surface area contributed by atoms with Crippen LogP contribution in [-0.2, 0) is 25.7 Å². The molecule has 0 saturated carbocycles. The molecule has 0 aliphatic carbocycles. The molecule has 0 saturated heterocycles. The second-order valence-electron chi connectivity index (χ2n) is 17.1. The van der Waals surface area contributed by atoms with Crippen LogP contribution in [0.1, 0.15) is 159 Å². The summed E-state index contributed by atoms with van der Waals surface area (Å²) in [5, 5.41) is 0. The highest BCUT2D eigenvalue weighted by Crippen LogP contribution is 2.13. The van der Waals surface area contributed by atoms with E-state index in [1.807, 2.05) is 48.6 Å². The number of hydrogen-bond donors (Lipinski definition) is 0. The summed E-state index contributed by atoms with van der Waals surface area (Å²) >= 11 is 0. The Morgan fingerprint density at radius 1 is 0.279 bits per heavy atom. The maximum Gasteiger partial charge on any atom is -0.0260 e. The fourth-order valence-electron chi connectivity index (χ4n) is 6.98. The molecule has 0 aromatic heterocycles. The van der Waals surface area contributed by atoms with E-state index < -0.39 is 0 Å². The largest absolute Gasteiger partial charge is 0.0985 e. The predicted molar refractivity (Wildman–Crippen MR) is 312 cm³/mol. The molecule has 0 aliphatic heterocycles. The highest BCUT2D eigenvalue weighted by atomic mass is 14.0. The van der Waals surface area contributed by atoms with Crippen LogP contribution in [0.3, 0.4) is 0 Å². The first-order chi connectivity index (χ1) is 33.1. The molecule has 6 rings (SSSR count). The SMILES string of the molecule is C=Cc1ccc(C)cc1.C=Cc1ccc(CCC)cc1.C=Cc1ccc(CCCCC)cc1.C=Cc1cccc(C)c1.C=Cc1cccc(CCC)c1.C=Cc1cccc(CCCCCCC)c1.